The monoisotopic (exact) mass is 265 g/mol. The number of ether oxygens (including phenoxy) is 1. The maximum atomic E-state index is 9.48. The molecule has 0 saturated heterocycles. The fourth-order valence-corrected chi connectivity index (χ4v) is 2.37. The van der Waals surface area contributed by atoms with Gasteiger partial charge in [0.1, 0.15) is 6.07 Å². The lowest BCUT2D eigenvalue weighted by Gasteiger charge is -2.28. The van der Waals surface area contributed by atoms with E-state index in [2.05, 4.69) is 12.1 Å². The molecule has 4 heteroatoms. The molecular formula is C16H15N3O. The first kappa shape index (κ1) is 13.7. The van der Waals surface area contributed by atoms with Gasteiger partial charge in [-0.15, -0.1) is 0 Å². The minimum Gasteiger partial charge on any atom is -0.439 e. The third-order valence-corrected chi connectivity index (χ3v) is 3.29. The van der Waals surface area contributed by atoms with Crippen LogP contribution in [0.1, 0.15) is 19.4 Å². The van der Waals surface area contributed by atoms with Crippen LogP contribution in [-0.2, 0) is 4.74 Å². The summed E-state index contributed by atoms with van der Waals surface area (Å²) in [6.45, 7) is 3.92. The van der Waals surface area contributed by atoms with E-state index in [0.717, 1.165) is 5.56 Å². The number of nitrogens with two attached hydrogens (primary N) is 1. The van der Waals surface area contributed by atoms with Crippen LogP contribution in [0.5, 0.6) is 0 Å². The summed E-state index contributed by atoms with van der Waals surface area (Å²) in [5.41, 5.74) is 7.43. The summed E-state index contributed by atoms with van der Waals surface area (Å²) in [6.07, 6.45) is 0. The molecule has 2 rings (SSSR count). The highest BCUT2D eigenvalue weighted by Crippen LogP contribution is 2.39. The molecule has 0 aliphatic carbocycles. The van der Waals surface area contributed by atoms with Gasteiger partial charge in [0.05, 0.1) is 17.2 Å². The zero-order chi connectivity index (χ0) is 14.7. The van der Waals surface area contributed by atoms with Crippen LogP contribution >= 0.6 is 0 Å². The molecule has 1 unspecified atom stereocenters. The number of benzene rings is 1. The maximum absolute atomic E-state index is 9.48. The highest BCUT2D eigenvalue weighted by Gasteiger charge is 2.34. The minimum atomic E-state index is -0.325. The number of rotatable bonds is 2. The van der Waals surface area contributed by atoms with Crippen LogP contribution in [0.2, 0.25) is 0 Å². The molecule has 20 heavy (non-hydrogen) atoms. The molecule has 0 spiro atoms. The number of nitriles is 2. The summed E-state index contributed by atoms with van der Waals surface area (Å²) in [5, 5.41) is 18.7. The molecule has 1 aromatic carbocycles. The predicted octanol–water partition coefficient (Wildman–Crippen LogP) is 2.92. The first-order valence-corrected chi connectivity index (χ1v) is 6.37. The van der Waals surface area contributed by atoms with Gasteiger partial charge in [0, 0.05) is 11.5 Å². The van der Waals surface area contributed by atoms with Crippen LogP contribution in [0.15, 0.2) is 47.4 Å². The van der Waals surface area contributed by atoms with E-state index in [0.29, 0.717) is 16.9 Å². The van der Waals surface area contributed by atoms with E-state index in [1.54, 1.807) is 0 Å². The molecule has 1 aromatic rings. The van der Waals surface area contributed by atoms with Gasteiger partial charge in [-0.25, -0.2) is 0 Å². The Kier molecular flexibility index (Phi) is 3.77. The lowest BCUT2D eigenvalue weighted by Crippen LogP contribution is -2.24. The molecule has 0 radical (unpaired) electrons. The molecule has 4 nitrogen and oxygen atoms in total. The highest BCUT2D eigenvalue weighted by molar-refractivity contribution is 5.71. The van der Waals surface area contributed by atoms with Crippen molar-refractivity contribution < 1.29 is 4.74 Å². The van der Waals surface area contributed by atoms with Gasteiger partial charge in [-0.3, -0.25) is 0 Å². The average Bonchev–Trinajstić information content (AvgIpc) is 2.46. The number of nitrogens with zero attached hydrogens (tertiary/aromatic N) is 2. The number of allylic oxidation sites excluding steroid dienone is 2. The van der Waals surface area contributed by atoms with Gasteiger partial charge in [0.25, 0.3) is 0 Å². The third-order valence-electron chi connectivity index (χ3n) is 3.29. The van der Waals surface area contributed by atoms with Gasteiger partial charge < -0.3 is 10.5 Å². The Morgan fingerprint density at radius 1 is 1.10 bits per heavy atom. The van der Waals surface area contributed by atoms with Gasteiger partial charge in [0.2, 0.25) is 5.88 Å². The smallest absolute Gasteiger partial charge is 0.205 e. The van der Waals surface area contributed by atoms with Gasteiger partial charge >= 0.3 is 0 Å². The quantitative estimate of drug-likeness (QED) is 0.891. The molecule has 1 aliphatic heterocycles. The van der Waals surface area contributed by atoms with E-state index in [1.807, 2.05) is 44.2 Å². The Balaban J connectivity index is 2.63. The molecule has 1 aliphatic rings. The van der Waals surface area contributed by atoms with E-state index in [9.17, 15) is 10.5 Å². The molecule has 0 fully saturated rings. The molecule has 0 amide bonds. The molecule has 1 heterocycles. The van der Waals surface area contributed by atoms with Crippen LogP contribution in [-0.4, -0.2) is 0 Å². The fourth-order valence-electron chi connectivity index (χ4n) is 2.37. The standard InChI is InChI=1S/C16H15N3O/c1-10(2)14-12(8-17)15(11-6-4-3-5-7-11)20-16(19)13(14)9-18/h3-7,10,14H,19H2,1-2H3. The van der Waals surface area contributed by atoms with Gasteiger partial charge in [-0.2, -0.15) is 10.5 Å². The van der Waals surface area contributed by atoms with Crippen LogP contribution in [0.4, 0.5) is 0 Å². The van der Waals surface area contributed by atoms with Gasteiger partial charge in [-0.05, 0) is 5.92 Å². The average molecular weight is 265 g/mol. The van der Waals surface area contributed by atoms with Crippen molar-refractivity contribution in [3.8, 4) is 12.1 Å². The second-order valence-electron chi connectivity index (χ2n) is 4.93. The lowest BCUT2D eigenvalue weighted by molar-refractivity contribution is 0.335. The van der Waals surface area contributed by atoms with Crippen molar-refractivity contribution in [2.45, 2.75) is 13.8 Å². The van der Waals surface area contributed by atoms with Gasteiger partial charge in [0.15, 0.2) is 5.76 Å². The summed E-state index contributed by atoms with van der Waals surface area (Å²) in [7, 11) is 0. The van der Waals surface area contributed by atoms with Crippen molar-refractivity contribution >= 4 is 5.76 Å². The summed E-state index contributed by atoms with van der Waals surface area (Å²) in [5.74, 6) is 0.293. The summed E-state index contributed by atoms with van der Waals surface area (Å²) in [4.78, 5) is 0. The summed E-state index contributed by atoms with van der Waals surface area (Å²) >= 11 is 0. The first-order chi connectivity index (χ1) is 9.60. The van der Waals surface area contributed by atoms with Crippen molar-refractivity contribution in [1.29, 1.82) is 10.5 Å². The predicted molar refractivity (Wildman–Crippen MR) is 75.2 cm³/mol. The van der Waals surface area contributed by atoms with Crippen molar-refractivity contribution in [3.63, 3.8) is 0 Å². The van der Waals surface area contributed by atoms with Crippen LogP contribution < -0.4 is 5.73 Å². The molecule has 100 valence electrons. The summed E-state index contributed by atoms with van der Waals surface area (Å²) in [6, 6.07) is 13.6. The second-order valence-corrected chi connectivity index (χ2v) is 4.93. The zero-order valence-electron chi connectivity index (χ0n) is 11.4. The molecular weight excluding hydrogens is 250 g/mol. The normalized spacial score (nSPS) is 18.6. The van der Waals surface area contributed by atoms with Crippen LogP contribution in [0.3, 0.4) is 0 Å². The lowest BCUT2D eigenvalue weighted by atomic mass is 9.80. The Labute approximate surface area is 118 Å². The zero-order valence-corrected chi connectivity index (χ0v) is 11.4. The van der Waals surface area contributed by atoms with Crippen molar-refractivity contribution in [2.75, 3.05) is 0 Å². The second kappa shape index (κ2) is 5.50. The molecule has 1 atom stereocenters. The first-order valence-electron chi connectivity index (χ1n) is 6.37. The van der Waals surface area contributed by atoms with Crippen molar-refractivity contribution in [2.24, 2.45) is 17.6 Å². The van der Waals surface area contributed by atoms with E-state index in [-0.39, 0.29) is 17.7 Å². The topological polar surface area (TPSA) is 82.8 Å². The Morgan fingerprint density at radius 2 is 1.70 bits per heavy atom. The Hall–Kier alpha value is -2.72. The van der Waals surface area contributed by atoms with E-state index in [4.69, 9.17) is 10.5 Å². The van der Waals surface area contributed by atoms with Crippen LogP contribution in [0, 0.1) is 34.5 Å². The largest absolute Gasteiger partial charge is 0.439 e. The van der Waals surface area contributed by atoms with Gasteiger partial charge in [-0.1, -0.05) is 44.2 Å². The Bertz CT molecular complexity index is 657. The third kappa shape index (κ3) is 2.24. The van der Waals surface area contributed by atoms with E-state index in [1.165, 1.54) is 0 Å². The summed E-state index contributed by atoms with van der Waals surface area (Å²) < 4.78 is 5.55. The maximum Gasteiger partial charge on any atom is 0.205 e. The number of hydrogen-bond donors (Lipinski definition) is 1. The highest BCUT2D eigenvalue weighted by atomic mass is 16.5. The molecule has 0 aromatic heterocycles. The van der Waals surface area contributed by atoms with E-state index >= 15 is 0 Å². The molecule has 2 N–H and O–H groups in total. The van der Waals surface area contributed by atoms with Crippen LogP contribution in [0.25, 0.3) is 5.76 Å². The van der Waals surface area contributed by atoms with E-state index < -0.39 is 0 Å². The fraction of sp³-hybridized carbons (Fsp3) is 0.250. The molecule has 0 saturated carbocycles. The minimum absolute atomic E-state index is 0.0838. The van der Waals surface area contributed by atoms with Crippen molar-refractivity contribution in [3.05, 3.63) is 52.9 Å². The SMILES string of the molecule is CC(C)C1C(C#N)=C(N)OC(c2ccccc2)=C1C#N. The van der Waals surface area contributed by atoms with Crippen molar-refractivity contribution in [1.82, 2.24) is 0 Å². The number of hydrogen-bond acceptors (Lipinski definition) is 4. The Morgan fingerprint density at radius 3 is 2.20 bits per heavy atom. The molecule has 0 bridgehead atoms.